The fourth-order valence-corrected chi connectivity index (χ4v) is 2.44. The van der Waals surface area contributed by atoms with Crippen LogP contribution in [0.2, 0.25) is 0 Å². The van der Waals surface area contributed by atoms with Crippen molar-refractivity contribution in [2.45, 2.75) is 13.0 Å². The van der Waals surface area contributed by atoms with Crippen LogP contribution in [0.5, 0.6) is 0 Å². The van der Waals surface area contributed by atoms with E-state index in [-0.39, 0.29) is 6.04 Å². The molecule has 0 aliphatic heterocycles. The van der Waals surface area contributed by atoms with E-state index in [1.165, 1.54) is 0 Å². The van der Waals surface area contributed by atoms with Crippen molar-refractivity contribution in [2.24, 2.45) is 0 Å². The Kier molecular flexibility index (Phi) is 3.99. The minimum Gasteiger partial charge on any atom is -0.383 e. The number of benzene rings is 1. The second-order valence-electron chi connectivity index (χ2n) is 4.26. The van der Waals surface area contributed by atoms with E-state index in [2.05, 4.69) is 44.4 Å². The molecule has 1 aromatic carbocycles. The Morgan fingerprint density at radius 3 is 2.78 bits per heavy atom. The molecule has 2 rings (SSSR count). The van der Waals surface area contributed by atoms with Gasteiger partial charge in [-0.05, 0) is 43.3 Å². The lowest BCUT2D eigenvalue weighted by molar-refractivity contribution is 0.690. The summed E-state index contributed by atoms with van der Waals surface area (Å²) in [6, 6.07) is 10.3. The van der Waals surface area contributed by atoms with Gasteiger partial charge in [-0.3, -0.25) is 0 Å². The Hall–Kier alpha value is -1.39. The summed E-state index contributed by atoms with van der Waals surface area (Å²) in [6.45, 7) is 2.02. The number of halogens is 1. The Balaban J connectivity index is 2.48. The lowest BCUT2D eigenvalue weighted by atomic mass is 9.98. The highest BCUT2D eigenvalue weighted by Crippen LogP contribution is 2.27. The van der Waals surface area contributed by atoms with Crippen LogP contribution in [0.1, 0.15) is 22.7 Å². The molecule has 1 unspecified atom stereocenters. The lowest BCUT2D eigenvalue weighted by Crippen LogP contribution is -2.19. The van der Waals surface area contributed by atoms with Gasteiger partial charge in [-0.15, -0.1) is 0 Å². The average Bonchev–Trinajstić information content (AvgIpc) is 2.35. The zero-order chi connectivity index (χ0) is 13.1. The quantitative estimate of drug-likeness (QED) is 0.916. The molecule has 3 nitrogen and oxygen atoms in total. The van der Waals surface area contributed by atoms with Crippen molar-refractivity contribution < 1.29 is 0 Å². The molecule has 0 amide bonds. The minimum atomic E-state index is 0.0508. The van der Waals surface area contributed by atoms with Gasteiger partial charge in [0.2, 0.25) is 0 Å². The largest absolute Gasteiger partial charge is 0.383 e. The summed E-state index contributed by atoms with van der Waals surface area (Å²) in [5.74, 6) is 0.569. The zero-order valence-corrected chi connectivity index (χ0v) is 12.0. The third-order valence-electron chi connectivity index (χ3n) is 2.87. The highest BCUT2D eigenvalue weighted by Gasteiger charge is 2.15. The maximum absolute atomic E-state index is 5.98. The number of pyridine rings is 1. The van der Waals surface area contributed by atoms with Crippen molar-refractivity contribution in [3.63, 3.8) is 0 Å². The number of aryl methyl sites for hydroxylation is 1. The molecular formula is C14H16BrN3. The maximum Gasteiger partial charge on any atom is 0.128 e. The monoisotopic (exact) mass is 305 g/mol. The summed E-state index contributed by atoms with van der Waals surface area (Å²) in [7, 11) is 1.92. The molecule has 1 heterocycles. The number of hydrogen-bond acceptors (Lipinski definition) is 3. The van der Waals surface area contributed by atoms with Gasteiger partial charge in [0.1, 0.15) is 5.82 Å². The van der Waals surface area contributed by atoms with Crippen molar-refractivity contribution in [3.05, 3.63) is 57.7 Å². The summed E-state index contributed by atoms with van der Waals surface area (Å²) in [5, 5.41) is 3.29. The molecule has 0 bridgehead atoms. The molecule has 1 aromatic heterocycles. The van der Waals surface area contributed by atoms with E-state index < -0.39 is 0 Å². The van der Waals surface area contributed by atoms with Crippen molar-refractivity contribution >= 4 is 21.7 Å². The summed E-state index contributed by atoms with van der Waals surface area (Å²) in [5.41, 5.74) is 9.25. The van der Waals surface area contributed by atoms with Gasteiger partial charge in [-0.25, -0.2) is 4.98 Å². The highest BCUT2D eigenvalue weighted by molar-refractivity contribution is 9.10. The van der Waals surface area contributed by atoms with Crippen LogP contribution in [0.15, 0.2) is 41.0 Å². The SMILES string of the molecule is CNC(c1cccc(Br)c1)c1cc(C)cnc1N. The van der Waals surface area contributed by atoms with Crippen LogP contribution in [0.4, 0.5) is 5.82 Å². The number of aromatic nitrogens is 1. The molecule has 0 saturated carbocycles. The molecule has 2 aromatic rings. The molecule has 0 spiro atoms. The number of rotatable bonds is 3. The Morgan fingerprint density at radius 1 is 1.33 bits per heavy atom. The molecule has 18 heavy (non-hydrogen) atoms. The van der Waals surface area contributed by atoms with Crippen LogP contribution in [-0.4, -0.2) is 12.0 Å². The van der Waals surface area contributed by atoms with Gasteiger partial charge in [0.15, 0.2) is 0 Å². The fraction of sp³-hybridized carbons (Fsp3) is 0.214. The van der Waals surface area contributed by atoms with E-state index in [9.17, 15) is 0 Å². The number of hydrogen-bond donors (Lipinski definition) is 2. The Labute approximate surface area is 116 Å². The predicted molar refractivity (Wildman–Crippen MR) is 78.4 cm³/mol. The average molecular weight is 306 g/mol. The van der Waals surface area contributed by atoms with Crippen LogP contribution in [0, 0.1) is 6.92 Å². The first-order valence-corrected chi connectivity index (χ1v) is 6.56. The number of nitrogen functional groups attached to an aromatic ring is 1. The molecular weight excluding hydrogens is 290 g/mol. The molecule has 3 N–H and O–H groups in total. The van der Waals surface area contributed by atoms with Gasteiger partial charge in [0, 0.05) is 16.2 Å². The van der Waals surface area contributed by atoms with Crippen LogP contribution < -0.4 is 11.1 Å². The summed E-state index contributed by atoms with van der Waals surface area (Å²) >= 11 is 3.49. The lowest BCUT2D eigenvalue weighted by Gasteiger charge is -2.19. The van der Waals surface area contributed by atoms with Crippen LogP contribution in [0.25, 0.3) is 0 Å². The summed E-state index contributed by atoms with van der Waals surface area (Å²) < 4.78 is 1.06. The summed E-state index contributed by atoms with van der Waals surface area (Å²) in [4.78, 5) is 4.22. The van der Waals surface area contributed by atoms with Crippen molar-refractivity contribution in [1.82, 2.24) is 10.3 Å². The first kappa shape index (κ1) is 13.1. The molecule has 0 aliphatic rings. The standard InChI is InChI=1S/C14H16BrN3/c1-9-6-12(14(16)18-8-9)13(17-2)10-4-3-5-11(15)7-10/h3-8,13,17H,1-2H3,(H2,16,18). The Bertz CT molecular complexity index is 554. The molecule has 0 fully saturated rings. The van der Waals surface area contributed by atoms with Gasteiger partial charge in [0.05, 0.1) is 6.04 Å². The number of nitrogens with zero attached hydrogens (tertiary/aromatic N) is 1. The van der Waals surface area contributed by atoms with E-state index in [1.807, 2.05) is 26.1 Å². The van der Waals surface area contributed by atoms with Crippen molar-refractivity contribution in [1.29, 1.82) is 0 Å². The van der Waals surface area contributed by atoms with Gasteiger partial charge in [-0.1, -0.05) is 28.1 Å². The normalized spacial score (nSPS) is 12.4. The predicted octanol–water partition coefficient (Wildman–Crippen LogP) is 3.04. The van der Waals surface area contributed by atoms with E-state index in [0.29, 0.717) is 5.82 Å². The topological polar surface area (TPSA) is 50.9 Å². The summed E-state index contributed by atoms with van der Waals surface area (Å²) in [6.07, 6.45) is 1.78. The first-order valence-electron chi connectivity index (χ1n) is 5.76. The van der Waals surface area contributed by atoms with E-state index in [4.69, 9.17) is 5.73 Å². The van der Waals surface area contributed by atoms with Gasteiger partial charge < -0.3 is 11.1 Å². The van der Waals surface area contributed by atoms with Gasteiger partial charge >= 0.3 is 0 Å². The zero-order valence-electron chi connectivity index (χ0n) is 10.4. The van der Waals surface area contributed by atoms with E-state index >= 15 is 0 Å². The number of nitrogens with one attached hydrogen (secondary N) is 1. The molecule has 0 radical (unpaired) electrons. The van der Waals surface area contributed by atoms with E-state index in [0.717, 1.165) is 21.2 Å². The van der Waals surface area contributed by atoms with Crippen LogP contribution in [-0.2, 0) is 0 Å². The first-order chi connectivity index (χ1) is 8.61. The molecule has 94 valence electrons. The maximum atomic E-state index is 5.98. The van der Waals surface area contributed by atoms with Gasteiger partial charge in [0.25, 0.3) is 0 Å². The highest BCUT2D eigenvalue weighted by atomic mass is 79.9. The second kappa shape index (κ2) is 5.50. The minimum absolute atomic E-state index is 0.0508. The van der Waals surface area contributed by atoms with Gasteiger partial charge in [-0.2, -0.15) is 0 Å². The fourth-order valence-electron chi connectivity index (χ4n) is 2.02. The molecule has 0 saturated heterocycles. The van der Waals surface area contributed by atoms with Crippen molar-refractivity contribution in [2.75, 3.05) is 12.8 Å². The van der Waals surface area contributed by atoms with Crippen LogP contribution >= 0.6 is 15.9 Å². The Morgan fingerprint density at radius 2 is 2.11 bits per heavy atom. The van der Waals surface area contributed by atoms with E-state index in [1.54, 1.807) is 6.20 Å². The third-order valence-corrected chi connectivity index (χ3v) is 3.36. The molecule has 0 aliphatic carbocycles. The molecule has 1 atom stereocenters. The third kappa shape index (κ3) is 2.71. The van der Waals surface area contributed by atoms with Crippen molar-refractivity contribution in [3.8, 4) is 0 Å². The number of nitrogens with two attached hydrogens (primary N) is 1. The second-order valence-corrected chi connectivity index (χ2v) is 5.18. The number of anilines is 1. The smallest absolute Gasteiger partial charge is 0.128 e. The van der Waals surface area contributed by atoms with Crippen LogP contribution in [0.3, 0.4) is 0 Å². The molecule has 4 heteroatoms.